The van der Waals surface area contributed by atoms with Crippen LogP contribution in [0.1, 0.15) is 12.0 Å². The minimum atomic E-state index is -0.621. The lowest BCUT2D eigenvalue weighted by molar-refractivity contribution is -0.141. The van der Waals surface area contributed by atoms with Gasteiger partial charge in [0.25, 0.3) is 6.26 Å². The molecular weight excluding hydrogens is 450 g/mol. The zero-order valence-corrected chi connectivity index (χ0v) is 18.9. The molecule has 35 heavy (non-hydrogen) atoms. The van der Waals surface area contributed by atoms with Gasteiger partial charge >= 0.3 is 11.9 Å². The van der Waals surface area contributed by atoms with Crippen LogP contribution in [0.2, 0.25) is 0 Å². The predicted molar refractivity (Wildman–Crippen MR) is 130 cm³/mol. The van der Waals surface area contributed by atoms with Gasteiger partial charge in [0.15, 0.2) is 5.75 Å². The van der Waals surface area contributed by atoms with Gasteiger partial charge in [-0.3, -0.25) is 4.79 Å². The molecule has 3 rings (SSSR count). The molecule has 0 saturated heterocycles. The zero-order chi connectivity index (χ0) is 25.2. The highest BCUT2D eigenvalue weighted by Crippen LogP contribution is 2.29. The highest BCUT2D eigenvalue weighted by Gasteiger charge is 2.10. The molecule has 0 fully saturated rings. The van der Waals surface area contributed by atoms with E-state index in [0.29, 0.717) is 22.7 Å². The number of esters is 2. The van der Waals surface area contributed by atoms with Crippen LogP contribution in [-0.2, 0) is 14.3 Å². The van der Waals surface area contributed by atoms with E-state index in [2.05, 4.69) is 0 Å². The Balaban J connectivity index is 1.54. The van der Waals surface area contributed by atoms with Crippen LogP contribution in [-0.4, -0.2) is 25.7 Å². The van der Waals surface area contributed by atoms with E-state index >= 15 is 0 Å². The quantitative estimate of drug-likeness (QED) is 0.155. The topological polar surface area (TPSA) is 147 Å². The van der Waals surface area contributed by atoms with Crippen LogP contribution in [0.3, 0.4) is 0 Å². The number of anilines is 2. The summed E-state index contributed by atoms with van der Waals surface area (Å²) in [6, 6.07) is 17.0. The largest absolute Gasteiger partial charge is 0.496 e. The second-order valence-electron chi connectivity index (χ2n) is 7.20. The lowest BCUT2D eigenvalue weighted by Gasteiger charge is -2.09. The molecule has 3 aromatic carbocycles. The van der Waals surface area contributed by atoms with Gasteiger partial charge in [-0.25, -0.2) is 4.79 Å². The second-order valence-corrected chi connectivity index (χ2v) is 7.20. The molecule has 0 atom stereocenters. The van der Waals surface area contributed by atoms with E-state index in [9.17, 15) is 9.59 Å². The Labute approximate surface area is 202 Å². The van der Waals surface area contributed by atoms with Crippen molar-refractivity contribution in [2.24, 2.45) is 0 Å². The lowest BCUT2D eigenvalue weighted by atomic mass is 10.0. The monoisotopic (exact) mass is 473 g/mol. The predicted octanol–water partition coefficient (Wildman–Crippen LogP) is 3.94. The molecule has 9 heteroatoms. The van der Waals surface area contributed by atoms with Crippen molar-refractivity contribution in [1.82, 2.24) is 0 Å². The van der Waals surface area contributed by atoms with Crippen LogP contribution in [0, 0.1) is 11.5 Å². The molecule has 0 aliphatic rings. The minimum absolute atomic E-state index is 0.139. The fraction of sp³-hybridized carbons (Fsp3) is 0.115. The van der Waals surface area contributed by atoms with Crippen molar-refractivity contribution in [3.8, 4) is 34.6 Å². The Morgan fingerprint density at radius 1 is 0.971 bits per heavy atom. The lowest BCUT2D eigenvalue weighted by Crippen LogP contribution is -2.13. The first-order valence-electron chi connectivity index (χ1n) is 10.4. The van der Waals surface area contributed by atoms with Gasteiger partial charge in [0.1, 0.15) is 18.1 Å². The molecule has 0 aromatic heterocycles. The number of nitriles is 1. The van der Waals surface area contributed by atoms with Gasteiger partial charge in [0, 0.05) is 17.3 Å². The fourth-order valence-corrected chi connectivity index (χ4v) is 3.07. The molecule has 178 valence electrons. The number of methoxy groups -OCH3 is 1. The molecule has 0 heterocycles. The minimum Gasteiger partial charge on any atom is -0.496 e. The number of carbonyl (C=O) groups excluding carboxylic acids is 2. The van der Waals surface area contributed by atoms with Crippen molar-refractivity contribution in [1.29, 1.82) is 5.26 Å². The number of ether oxygens (including phenoxy) is 4. The average molecular weight is 473 g/mol. The summed E-state index contributed by atoms with van der Waals surface area (Å²) in [5.74, 6) is -0.0263. The van der Waals surface area contributed by atoms with Crippen LogP contribution in [0.4, 0.5) is 11.4 Å². The van der Waals surface area contributed by atoms with E-state index in [-0.39, 0.29) is 24.5 Å². The summed E-state index contributed by atoms with van der Waals surface area (Å²) in [5, 5.41) is 8.58. The van der Waals surface area contributed by atoms with Crippen molar-refractivity contribution >= 4 is 29.4 Å². The van der Waals surface area contributed by atoms with Gasteiger partial charge in [-0.15, -0.1) is 5.26 Å². The van der Waals surface area contributed by atoms with Gasteiger partial charge in [-0.2, -0.15) is 0 Å². The van der Waals surface area contributed by atoms with E-state index in [4.69, 9.17) is 35.7 Å². The summed E-state index contributed by atoms with van der Waals surface area (Å²) in [4.78, 5) is 24.0. The molecule has 0 aliphatic heterocycles. The summed E-state index contributed by atoms with van der Waals surface area (Å²) in [6.07, 6.45) is 4.29. The van der Waals surface area contributed by atoms with Crippen LogP contribution >= 0.6 is 0 Å². The normalized spacial score (nSPS) is 10.4. The van der Waals surface area contributed by atoms with Crippen molar-refractivity contribution < 1.29 is 28.5 Å². The van der Waals surface area contributed by atoms with Gasteiger partial charge < -0.3 is 30.4 Å². The van der Waals surface area contributed by atoms with Crippen molar-refractivity contribution in [2.45, 2.75) is 6.42 Å². The molecule has 0 amide bonds. The average Bonchev–Trinajstić information content (AvgIpc) is 2.85. The second kappa shape index (κ2) is 11.8. The van der Waals surface area contributed by atoms with E-state index in [1.807, 2.05) is 24.3 Å². The highest BCUT2D eigenvalue weighted by atomic mass is 16.5. The maximum atomic E-state index is 12.1. The van der Waals surface area contributed by atoms with Crippen LogP contribution in [0.15, 0.2) is 66.7 Å². The van der Waals surface area contributed by atoms with Gasteiger partial charge in [-0.1, -0.05) is 24.3 Å². The summed E-state index contributed by atoms with van der Waals surface area (Å²) in [6.45, 7) is -0.154. The third kappa shape index (κ3) is 7.00. The Kier molecular flexibility index (Phi) is 8.29. The Morgan fingerprint density at radius 2 is 1.71 bits per heavy atom. The SMILES string of the molecule is COc1cc(-c2ccc(OC#N)cc2)ccc1/C=C/C(=O)OCCC(=O)Oc1ccc(N)cc1N. The molecule has 4 N–H and O–H groups in total. The number of nitrogens with two attached hydrogens (primary N) is 2. The first-order chi connectivity index (χ1) is 16.9. The third-order valence-corrected chi connectivity index (χ3v) is 4.79. The number of hydrogen-bond donors (Lipinski definition) is 2. The maximum Gasteiger partial charge on any atom is 0.330 e. The van der Waals surface area contributed by atoms with E-state index in [1.165, 1.54) is 25.3 Å². The number of nitrogens with zero attached hydrogens (tertiary/aromatic N) is 1. The highest BCUT2D eigenvalue weighted by molar-refractivity contribution is 5.88. The van der Waals surface area contributed by atoms with Crippen molar-refractivity contribution in [2.75, 3.05) is 25.2 Å². The molecule has 3 aromatic rings. The number of hydrogen-bond acceptors (Lipinski definition) is 9. The molecule has 0 spiro atoms. The maximum absolute atomic E-state index is 12.1. The molecule has 0 bridgehead atoms. The van der Waals surface area contributed by atoms with Crippen LogP contribution < -0.4 is 25.7 Å². The number of nitrogen functional groups attached to an aromatic ring is 2. The number of rotatable bonds is 9. The fourth-order valence-electron chi connectivity index (χ4n) is 3.07. The van der Waals surface area contributed by atoms with E-state index < -0.39 is 11.9 Å². The molecule has 0 unspecified atom stereocenters. The zero-order valence-electron chi connectivity index (χ0n) is 18.9. The number of carbonyl (C=O) groups is 2. The summed E-state index contributed by atoms with van der Waals surface area (Å²) < 4.78 is 20.4. The van der Waals surface area contributed by atoms with Crippen molar-refractivity contribution in [3.05, 3.63) is 72.3 Å². The van der Waals surface area contributed by atoms with E-state index in [0.717, 1.165) is 11.1 Å². The van der Waals surface area contributed by atoms with E-state index in [1.54, 1.807) is 36.6 Å². The van der Waals surface area contributed by atoms with Crippen LogP contribution in [0.5, 0.6) is 17.2 Å². The van der Waals surface area contributed by atoms with Crippen LogP contribution in [0.25, 0.3) is 17.2 Å². The Morgan fingerprint density at radius 3 is 2.40 bits per heavy atom. The first kappa shape index (κ1) is 24.7. The standard InChI is InChI=1S/C26H23N3O6/c1-32-24-14-19(17-4-8-21(9-5-17)34-16-27)3-2-18(24)6-11-25(30)33-13-12-26(31)35-23-10-7-20(28)15-22(23)29/h2-11,14-15H,12-13,28-29H2,1H3/b11-6+. The molecular formula is C26H23N3O6. The number of benzene rings is 3. The smallest absolute Gasteiger partial charge is 0.330 e. The van der Waals surface area contributed by atoms with Gasteiger partial charge in [-0.05, 0) is 53.6 Å². The van der Waals surface area contributed by atoms with Gasteiger partial charge in [0.2, 0.25) is 0 Å². The Hall–Kier alpha value is -4.97. The summed E-state index contributed by atoms with van der Waals surface area (Å²) >= 11 is 0. The summed E-state index contributed by atoms with van der Waals surface area (Å²) in [5.41, 5.74) is 14.5. The van der Waals surface area contributed by atoms with Gasteiger partial charge in [0.05, 0.1) is 19.2 Å². The first-order valence-corrected chi connectivity index (χ1v) is 10.4. The summed E-state index contributed by atoms with van der Waals surface area (Å²) in [7, 11) is 1.53. The van der Waals surface area contributed by atoms with Crippen molar-refractivity contribution in [3.63, 3.8) is 0 Å². The molecule has 9 nitrogen and oxygen atoms in total. The molecule has 0 radical (unpaired) electrons. The molecule has 0 saturated carbocycles. The Bertz CT molecular complexity index is 1280. The molecule has 0 aliphatic carbocycles. The third-order valence-electron chi connectivity index (χ3n) is 4.79.